The molecule has 0 bridgehead atoms. The number of thioether (sulfide) groups is 1. The average Bonchev–Trinajstić information content (AvgIpc) is 3.63. The van der Waals surface area contributed by atoms with Gasteiger partial charge < -0.3 is 4.90 Å². The van der Waals surface area contributed by atoms with Crippen LogP contribution in [-0.2, 0) is 4.79 Å². The van der Waals surface area contributed by atoms with Crippen molar-refractivity contribution in [2.75, 3.05) is 37.8 Å². The van der Waals surface area contributed by atoms with E-state index >= 15 is 0 Å². The maximum Gasteiger partial charge on any atom is 0.256 e. The lowest BCUT2D eigenvalue weighted by Crippen LogP contribution is -2.56. The smallest absolute Gasteiger partial charge is 0.256 e. The molecule has 186 valence electrons. The number of tetrazole rings is 1. The lowest BCUT2D eigenvalue weighted by atomic mass is 9.96. The molecule has 0 unspecified atom stereocenters. The van der Waals surface area contributed by atoms with E-state index in [9.17, 15) is 9.18 Å². The monoisotopic (exact) mass is 538 g/mol. The molecule has 12 heteroatoms. The van der Waals surface area contributed by atoms with Crippen LogP contribution >= 0.6 is 36.6 Å². The topological polar surface area (TPSA) is 67.2 Å². The molecule has 8 nitrogen and oxygen atoms in total. The minimum absolute atomic E-state index is 0. The third-order valence-corrected chi connectivity index (χ3v) is 7.97. The number of fused-ring (bicyclic) bond motifs is 1. The second kappa shape index (κ2) is 10.4. The Kier molecular flexibility index (Phi) is 7.68. The van der Waals surface area contributed by atoms with Gasteiger partial charge in [0.1, 0.15) is 18.6 Å². The zero-order valence-corrected chi connectivity index (χ0v) is 21.4. The van der Waals surface area contributed by atoms with Gasteiger partial charge >= 0.3 is 0 Å². The first-order valence-electron chi connectivity index (χ1n) is 11.3. The van der Waals surface area contributed by atoms with Crippen LogP contribution in [0.3, 0.4) is 0 Å². The molecule has 0 N–H and O–H groups in total. The van der Waals surface area contributed by atoms with E-state index in [4.69, 9.17) is 0 Å². The number of allylic oxidation sites excluding steroid dienone is 3. The van der Waals surface area contributed by atoms with E-state index in [0.29, 0.717) is 11.1 Å². The predicted molar refractivity (Wildman–Crippen MR) is 137 cm³/mol. The molecule has 0 spiro atoms. The van der Waals surface area contributed by atoms with Crippen molar-refractivity contribution in [3.8, 4) is 5.69 Å². The van der Waals surface area contributed by atoms with Crippen molar-refractivity contribution in [3.05, 3.63) is 71.6 Å². The van der Waals surface area contributed by atoms with Gasteiger partial charge in [-0.05, 0) is 53.6 Å². The number of nitrogens with zero attached hydrogens (tertiary/aromatic N) is 7. The number of rotatable bonds is 4. The molecule has 1 amide bonds. The van der Waals surface area contributed by atoms with Crippen LogP contribution in [0.15, 0.2) is 60.0 Å². The highest BCUT2D eigenvalue weighted by atomic mass is 35.5. The van der Waals surface area contributed by atoms with Gasteiger partial charge in [-0.25, -0.2) is 4.39 Å². The van der Waals surface area contributed by atoms with Gasteiger partial charge in [-0.2, -0.15) is 9.27 Å². The Bertz CT molecular complexity index is 1170. The van der Waals surface area contributed by atoms with E-state index in [2.05, 4.69) is 45.0 Å². The number of hydrogen-bond acceptors (Lipinski definition) is 6. The lowest BCUT2D eigenvalue weighted by molar-refractivity contribution is -0.949. The Morgan fingerprint density at radius 1 is 1.11 bits per heavy atom. The van der Waals surface area contributed by atoms with Crippen LogP contribution in [-0.4, -0.2) is 78.4 Å². The summed E-state index contributed by atoms with van der Waals surface area (Å²) in [7, 11) is 0. The largest absolute Gasteiger partial charge is 0.329 e. The summed E-state index contributed by atoms with van der Waals surface area (Å²) in [6, 6.07) is 6.24. The van der Waals surface area contributed by atoms with Crippen LogP contribution in [0.2, 0.25) is 0 Å². The van der Waals surface area contributed by atoms with Crippen molar-refractivity contribution < 1.29 is 13.8 Å². The van der Waals surface area contributed by atoms with Gasteiger partial charge in [-0.3, -0.25) is 4.79 Å². The molecular formula is C23H27Cl2FN7OS+. The molecule has 4 aliphatic heterocycles. The molecule has 1 aromatic carbocycles. The molecule has 0 radical (unpaired) electrons. The number of carbonyl (C=O) groups excluding carboxylic acids is 1. The molecular weight excluding hydrogens is 512 g/mol. The molecule has 0 aliphatic carbocycles. The second-order valence-corrected chi connectivity index (χ2v) is 9.92. The summed E-state index contributed by atoms with van der Waals surface area (Å²) < 4.78 is 15.7. The van der Waals surface area contributed by atoms with E-state index in [1.807, 2.05) is 16.7 Å². The number of hydrogen-bond donors (Lipinski definition) is 0. The number of halogens is 3. The van der Waals surface area contributed by atoms with Gasteiger partial charge in [-0.1, -0.05) is 0 Å². The highest BCUT2D eigenvalue weighted by Crippen LogP contribution is 2.40. The summed E-state index contributed by atoms with van der Waals surface area (Å²) >= 11 is 1.81. The molecule has 1 atom stereocenters. The number of amides is 1. The summed E-state index contributed by atoms with van der Waals surface area (Å²) in [6.07, 6.45) is 10.3. The van der Waals surface area contributed by atoms with E-state index in [1.165, 1.54) is 17.8 Å². The first kappa shape index (κ1) is 25.8. The number of quaternary nitrogens is 1. The molecule has 5 heterocycles. The summed E-state index contributed by atoms with van der Waals surface area (Å²) in [4.78, 5) is 15.0. The molecule has 2 aromatic rings. The minimum Gasteiger partial charge on any atom is -0.329 e. The summed E-state index contributed by atoms with van der Waals surface area (Å²) in [5, 5.41) is 14.8. The van der Waals surface area contributed by atoms with Crippen molar-refractivity contribution in [1.82, 2.24) is 30.1 Å². The summed E-state index contributed by atoms with van der Waals surface area (Å²) in [5.74, 6) is 2.74. The fourth-order valence-corrected chi connectivity index (χ4v) is 6.19. The third kappa shape index (κ3) is 4.53. The van der Waals surface area contributed by atoms with Gasteiger partial charge in [-0.15, -0.1) is 46.7 Å². The van der Waals surface area contributed by atoms with Gasteiger partial charge in [0.25, 0.3) is 5.91 Å². The summed E-state index contributed by atoms with van der Waals surface area (Å²) in [6.45, 7) is 3.26. The van der Waals surface area contributed by atoms with Gasteiger partial charge in [0.05, 0.1) is 17.1 Å². The predicted octanol–water partition coefficient (Wildman–Crippen LogP) is 3.44. The molecule has 0 saturated carbocycles. The fourth-order valence-electron chi connectivity index (χ4n) is 5.25. The van der Waals surface area contributed by atoms with Crippen LogP contribution in [0.5, 0.6) is 0 Å². The summed E-state index contributed by atoms with van der Waals surface area (Å²) in [5.41, 5.74) is 2.83. The van der Waals surface area contributed by atoms with Crippen LogP contribution in [0.25, 0.3) is 5.69 Å². The molecule has 4 aliphatic rings. The highest BCUT2D eigenvalue weighted by molar-refractivity contribution is 7.99. The average molecular weight is 539 g/mol. The van der Waals surface area contributed by atoms with Crippen molar-refractivity contribution >= 4 is 42.5 Å². The number of aromatic nitrogens is 4. The van der Waals surface area contributed by atoms with Crippen molar-refractivity contribution in [1.29, 1.82) is 0 Å². The van der Waals surface area contributed by atoms with Crippen LogP contribution in [0.4, 0.5) is 4.39 Å². The normalized spacial score (nSPS) is 24.0. The highest BCUT2D eigenvalue weighted by Gasteiger charge is 2.48. The van der Waals surface area contributed by atoms with E-state index in [0.717, 1.165) is 61.2 Å². The quantitative estimate of drug-likeness (QED) is 0.555. The SMILES string of the molecule is Cl.Cl.O=C(C1=CC2=CC=C[N@@+]2(N2CCC(c3nnnn3-c3ccc(F)cc3)CC2)C1)N1CCSC1. The molecule has 2 saturated heterocycles. The van der Waals surface area contributed by atoms with E-state index in [1.54, 1.807) is 16.8 Å². The molecule has 2 fully saturated rings. The van der Waals surface area contributed by atoms with Crippen molar-refractivity contribution in [2.45, 2.75) is 18.8 Å². The van der Waals surface area contributed by atoms with E-state index < -0.39 is 0 Å². The van der Waals surface area contributed by atoms with Crippen LogP contribution in [0, 0.1) is 5.82 Å². The second-order valence-electron chi connectivity index (χ2n) is 8.85. The lowest BCUT2D eigenvalue weighted by Gasteiger charge is -2.42. The maximum absolute atomic E-state index is 13.3. The van der Waals surface area contributed by atoms with Crippen molar-refractivity contribution in [2.24, 2.45) is 0 Å². The van der Waals surface area contributed by atoms with Crippen molar-refractivity contribution in [3.63, 3.8) is 0 Å². The first-order chi connectivity index (χ1) is 16.1. The Morgan fingerprint density at radius 2 is 1.89 bits per heavy atom. The Hall–Kier alpha value is -2.24. The Labute approximate surface area is 219 Å². The third-order valence-electron chi connectivity index (χ3n) is 7.00. The molecule has 6 rings (SSSR count). The van der Waals surface area contributed by atoms with Crippen LogP contribution < -0.4 is 0 Å². The fraction of sp³-hybridized carbons (Fsp3) is 0.391. The van der Waals surface area contributed by atoms with E-state index in [-0.39, 0.29) is 42.5 Å². The zero-order valence-electron chi connectivity index (χ0n) is 19.0. The molecule has 35 heavy (non-hydrogen) atoms. The minimum atomic E-state index is -0.279. The van der Waals surface area contributed by atoms with Gasteiger partial charge in [0, 0.05) is 43.5 Å². The maximum atomic E-state index is 13.3. The number of piperidine rings is 1. The number of benzene rings is 1. The van der Waals surface area contributed by atoms with Gasteiger partial charge in [0.2, 0.25) is 0 Å². The standard InChI is InChI=1S/C23H25FN7OS.2ClH/c24-19-3-5-20(6-4-19)30-22(25-26-27-30)17-7-9-29(10-8-17)31-12-1-2-21(31)14-18(15-31)23(32)28-11-13-33-16-28;;/h1-6,12,14,17H,7-11,13,15-16H2;2*1H/q+1;;/t31-;;/m1../s1. The molecule has 1 aromatic heterocycles. The first-order valence-corrected chi connectivity index (χ1v) is 12.4. The zero-order chi connectivity index (χ0) is 22.4. The van der Waals surface area contributed by atoms with Gasteiger partial charge in [0.15, 0.2) is 11.5 Å². The Morgan fingerprint density at radius 3 is 2.60 bits per heavy atom. The Balaban J connectivity index is 0.00000144. The number of carbonyl (C=O) groups is 1. The van der Waals surface area contributed by atoms with Crippen LogP contribution in [0.1, 0.15) is 24.6 Å².